The molecule has 208 valence electrons. The monoisotopic (exact) mass is 610 g/mol. The van der Waals surface area contributed by atoms with Crippen molar-refractivity contribution in [3.63, 3.8) is 0 Å². The van der Waals surface area contributed by atoms with Crippen molar-refractivity contribution < 1.29 is 29.0 Å². The Kier molecular flexibility index (Phi) is 9.22. The minimum Gasteiger partial charge on any atom is -0.466 e. The Balaban J connectivity index is 1.76. The smallest absolute Gasteiger partial charge is 0.312 e. The molecule has 0 saturated carbocycles. The van der Waals surface area contributed by atoms with Crippen LogP contribution in [0.25, 0.3) is 0 Å². The molecule has 3 aliphatic heterocycles. The van der Waals surface area contributed by atoms with Gasteiger partial charge in [0.2, 0.25) is 5.91 Å². The van der Waals surface area contributed by atoms with Crippen molar-refractivity contribution >= 4 is 51.0 Å². The second-order valence-electron chi connectivity index (χ2n) is 10.2. The Labute approximate surface area is 237 Å². The highest BCUT2D eigenvalue weighted by atomic mass is 79.9. The molecule has 1 spiro atoms. The van der Waals surface area contributed by atoms with Crippen LogP contribution in [0, 0.1) is 18.8 Å². The van der Waals surface area contributed by atoms with Crippen LogP contribution in [0.1, 0.15) is 44.6 Å². The molecule has 3 heterocycles. The highest BCUT2D eigenvalue weighted by molar-refractivity contribution is 9.09. The molecular weight excluding hydrogens is 576 g/mol. The molecular formula is C28H36BrClN2O6. The average Bonchev–Trinajstić information content (AvgIpc) is 3.46. The number of hydrogen-bond donors (Lipinski definition) is 1. The Hall–Kier alpha value is -1.94. The van der Waals surface area contributed by atoms with E-state index in [1.54, 1.807) is 28.9 Å². The van der Waals surface area contributed by atoms with Crippen LogP contribution in [0.3, 0.4) is 0 Å². The van der Waals surface area contributed by atoms with Gasteiger partial charge in [-0.3, -0.25) is 14.4 Å². The maximum Gasteiger partial charge on any atom is 0.312 e. The van der Waals surface area contributed by atoms with Crippen LogP contribution in [0.4, 0.5) is 5.69 Å². The number of para-hydroxylation sites is 1. The number of carbonyl (C=O) groups is 3. The van der Waals surface area contributed by atoms with Gasteiger partial charge in [-0.05, 0) is 44.7 Å². The number of ether oxygens (including phenoxy) is 2. The van der Waals surface area contributed by atoms with E-state index in [0.717, 1.165) is 18.4 Å². The third-order valence-corrected chi connectivity index (χ3v) is 9.07. The van der Waals surface area contributed by atoms with E-state index in [-0.39, 0.29) is 36.4 Å². The first kappa shape index (κ1) is 29.1. The average molecular weight is 612 g/mol. The fraction of sp³-hybridized carbons (Fsp3) is 0.607. The van der Waals surface area contributed by atoms with Gasteiger partial charge in [-0.25, -0.2) is 0 Å². The lowest BCUT2D eigenvalue weighted by molar-refractivity contribution is -0.154. The maximum atomic E-state index is 14.5. The van der Waals surface area contributed by atoms with Crippen LogP contribution in [0.5, 0.6) is 0 Å². The van der Waals surface area contributed by atoms with Gasteiger partial charge in [0.05, 0.1) is 35.3 Å². The number of unbranched alkanes of at least 4 members (excludes halogenated alkanes) is 3. The Morgan fingerprint density at radius 3 is 2.74 bits per heavy atom. The zero-order valence-electron chi connectivity index (χ0n) is 21.9. The number of amides is 2. The topological polar surface area (TPSA) is 96.4 Å². The van der Waals surface area contributed by atoms with Gasteiger partial charge in [-0.2, -0.15) is 0 Å². The number of hydrogen-bond acceptors (Lipinski definition) is 6. The largest absolute Gasteiger partial charge is 0.466 e. The van der Waals surface area contributed by atoms with Crippen LogP contribution in [-0.2, 0) is 23.9 Å². The van der Waals surface area contributed by atoms with Crippen molar-refractivity contribution in [2.45, 2.75) is 68.5 Å². The van der Waals surface area contributed by atoms with Crippen molar-refractivity contribution in [3.8, 4) is 0 Å². The summed E-state index contributed by atoms with van der Waals surface area (Å²) in [6, 6.07) is 4.51. The molecule has 3 fully saturated rings. The van der Waals surface area contributed by atoms with E-state index >= 15 is 0 Å². The number of rotatable bonds is 12. The standard InChI is InChI=1S/C28H36BrClN2O6/c1-4-13-31(22-17(3)11-10-12-19(22)30)26(35)24-28-16-18(29)23(38-28)20(27(36)37-5-2)21(28)25(34)32(24)14-8-6-7-9-15-33/h4,10-12,18,20-21,23-24,33H,1,5-9,13-16H2,2-3H3/t18?,20-,21+,23-,24?,28?/m1/s1. The Morgan fingerprint density at radius 1 is 1.34 bits per heavy atom. The van der Waals surface area contributed by atoms with Gasteiger partial charge in [0.25, 0.3) is 5.91 Å². The predicted molar refractivity (Wildman–Crippen MR) is 148 cm³/mol. The van der Waals surface area contributed by atoms with E-state index in [2.05, 4.69) is 22.5 Å². The zero-order chi connectivity index (χ0) is 27.6. The summed E-state index contributed by atoms with van der Waals surface area (Å²) in [5, 5.41) is 9.55. The fourth-order valence-corrected chi connectivity index (χ4v) is 7.70. The molecule has 6 atom stereocenters. The van der Waals surface area contributed by atoms with Gasteiger partial charge in [-0.1, -0.05) is 58.6 Å². The molecule has 2 amide bonds. The van der Waals surface area contributed by atoms with E-state index < -0.39 is 35.6 Å². The third-order valence-electron chi connectivity index (χ3n) is 7.93. The molecule has 3 saturated heterocycles. The Morgan fingerprint density at radius 2 is 2.08 bits per heavy atom. The van der Waals surface area contributed by atoms with Crippen molar-refractivity contribution in [1.29, 1.82) is 0 Å². The summed E-state index contributed by atoms with van der Waals surface area (Å²) in [5.74, 6) is -2.62. The number of anilines is 1. The summed E-state index contributed by atoms with van der Waals surface area (Å²) in [6.07, 6.45) is 4.46. The number of halogens is 2. The number of aliphatic hydroxyl groups excluding tert-OH is 1. The van der Waals surface area contributed by atoms with E-state index in [9.17, 15) is 14.4 Å². The van der Waals surface area contributed by atoms with Crippen LogP contribution in [-0.4, -0.2) is 76.7 Å². The summed E-state index contributed by atoms with van der Waals surface area (Å²) >= 11 is 10.3. The van der Waals surface area contributed by atoms with Gasteiger partial charge in [-0.15, -0.1) is 6.58 Å². The molecule has 2 bridgehead atoms. The van der Waals surface area contributed by atoms with Gasteiger partial charge in [0, 0.05) is 24.5 Å². The minimum absolute atomic E-state index is 0.117. The van der Waals surface area contributed by atoms with Gasteiger partial charge in [0.1, 0.15) is 11.6 Å². The first-order valence-corrected chi connectivity index (χ1v) is 14.6. The van der Waals surface area contributed by atoms with Crippen LogP contribution in [0.15, 0.2) is 30.9 Å². The molecule has 0 aromatic heterocycles. The quantitative estimate of drug-likeness (QED) is 0.166. The van der Waals surface area contributed by atoms with Crippen LogP contribution >= 0.6 is 27.5 Å². The number of fused-ring (bicyclic) bond motifs is 1. The molecule has 0 radical (unpaired) electrons. The lowest BCUT2D eigenvalue weighted by Crippen LogP contribution is -2.57. The molecule has 4 rings (SSSR count). The number of alkyl halides is 1. The normalized spacial score (nSPS) is 29.4. The summed E-state index contributed by atoms with van der Waals surface area (Å²) in [4.78, 5) is 44.7. The van der Waals surface area contributed by atoms with Crippen molar-refractivity contribution in [2.24, 2.45) is 11.8 Å². The molecule has 1 aromatic carbocycles. The lowest BCUT2D eigenvalue weighted by Gasteiger charge is -2.37. The van der Waals surface area contributed by atoms with Crippen molar-refractivity contribution in [3.05, 3.63) is 41.4 Å². The van der Waals surface area contributed by atoms with Gasteiger partial charge in [0.15, 0.2) is 0 Å². The summed E-state index contributed by atoms with van der Waals surface area (Å²) in [6.45, 7) is 8.31. The van der Waals surface area contributed by atoms with Gasteiger partial charge < -0.3 is 24.4 Å². The summed E-state index contributed by atoms with van der Waals surface area (Å²) < 4.78 is 11.9. The van der Waals surface area contributed by atoms with E-state index in [0.29, 0.717) is 36.5 Å². The fourth-order valence-electron chi connectivity index (χ4n) is 6.44. The number of esters is 1. The van der Waals surface area contributed by atoms with Crippen molar-refractivity contribution in [1.82, 2.24) is 4.90 Å². The molecule has 1 N–H and O–H groups in total. The molecule has 3 unspecified atom stereocenters. The SMILES string of the molecule is C=CCN(C(=O)C1N(CCCCCCO)C(=O)[C@@H]2[C@@H](C(=O)OCC)[C@@H]3OC12CC3Br)c1c(C)cccc1Cl. The van der Waals surface area contributed by atoms with E-state index in [1.807, 2.05) is 19.1 Å². The van der Waals surface area contributed by atoms with Crippen molar-refractivity contribution in [2.75, 3.05) is 31.2 Å². The summed E-state index contributed by atoms with van der Waals surface area (Å²) in [5.41, 5.74) is 0.226. The first-order chi connectivity index (χ1) is 18.2. The molecule has 8 nitrogen and oxygen atoms in total. The predicted octanol–water partition coefficient (Wildman–Crippen LogP) is 4.03. The highest BCUT2D eigenvalue weighted by Crippen LogP contribution is 2.60. The Bertz CT molecular complexity index is 1070. The number of benzene rings is 1. The van der Waals surface area contributed by atoms with Gasteiger partial charge >= 0.3 is 5.97 Å². The highest BCUT2D eigenvalue weighted by Gasteiger charge is 2.77. The second kappa shape index (κ2) is 12.1. The number of aliphatic hydroxyl groups is 1. The molecule has 0 aliphatic carbocycles. The minimum atomic E-state index is -1.16. The molecule has 10 heteroatoms. The lowest BCUT2D eigenvalue weighted by atomic mass is 9.70. The zero-order valence-corrected chi connectivity index (χ0v) is 24.2. The third kappa shape index (κ3) is 4.91. The molecule has 3 aliphatic rings. The molecule has 38 heavy (non-hydrogen) atoms. The number of nitrogens with zero attached hydrogens (tertiary/aromatic N) is 2. The van der Waals surface area contributed by atoms with Crippen LogP contribution < -0.4 is 4.90 Å². The number of carbonyl (C=O) groups excluding carboxylic acids is 3. The molecule has 1 aromatic rings. The van der Waals surface area contributed by atoms with Crippen LogP contribution in [0.2, 0.25) is 5.02 Å². The summed E-state index contributed by atoms with van der Waals surface area (Å²) in [7, 11) is 0. The number of likely N-dealkylation sites (tertiary alicyclic amines) is 1. The number of aryl methyl sites for hydroxylation is 1. The van der Waals surface area contributed by atoms with E-state index in [4.69, 9.17) is 26.2 Å². The van der Waals surface area contributed by atoms with E-state index in [1.165, 1.54) is 0 Å². The maximum absolute atomic E-state index is 14.5. The first-order valence-electron chi connectivity index (χ1n) is 13.3. The second-order valence-corrected chi connectivity index (χ2v) is 11.8.